The molecule has 2 aliphatic rings. The topological polar surface area (TPSA) is 72.4 Å². The zero-order chi connectivity index (χ0) is 18.7. The highest BCUT2D eigenvalue weighted by atomic mass is 32.2. The van der Waals surface area contributed by atoms with Crippen molar-refractivity contribution in [2.45, 2.75) is 75.3 Å². The van der Waals surface area contributed by atoms with E-state index in [1.165, 1.54) is 25.7 Å². The molecule has 0 N–H and O–H groups in total. The molecule has 142 valence electrons. The number of esters is 1. The van der Waals surface area contributed by atoms with Crippen LogP contribution in [0.4, 0.5) is 0 Å². The summed E-state index contributed by atoms with van der Waals surface area (Å²) in [6, 6.07) is 0. The number of rotatable bonds is 5. The summed E-state index contributed by atoms with van der Waals surface area (Å²) >= 11 is 1.74. The lowest BCUT2D eigenvalue weighted by Gasteiger charge is -2.28. The van der Waals surface area contributed by atoms with Crippen LogP contribution in [-0.4, -0.2) is 50.7 Å². The lowest BCUT2D eigenvalue weighted by molar-refractivity contribution is -0.155. The molecule has 0 unspecified atom stereocenters. The van der Waals surface area contributed by atoms with E-state index in [4.69, 9.17) is 4.74 Å². The molecule has 0 aromatic carbocycles. The Balaban J connectivity index is 1.58. The Morgan fingerprint density at radius 3 is 2.77 bits per heavy atom. The molecule has 26 heavy (non-hydrogen) atoms. The maximum absolute atomic E-state index is 12.7. The fourth-order valence-electron chi connectivity index (χ4n) is 3.32. The number of carbonyl (C=O) groups excluding carboxylic acids is 2. The zero-order valence-corrected chi connectivity index (χ0v) is 16.6. The maximum atomic E-state index is 12.7. The summed E-state index contributed by atoms with van der Waals surface area (Å²) in [5.74, 6) is -0.372. The first-order chi connectivity index (χ1) is 12.3. The highest BCUT2D eigenvalue weighted by molar-refractivity contribution is 7.99. The minimum Gasteiger partial charge on any atom is -0.460 e. The lowest BCUT2D eigenvalue weighted by Crippen LogP contribution is -2.40. The average molecular weight is 378 g/mol. The maximum Gasteiger partial charge on any atom is 0.308 e. The minimum absolute atomic E-state index is 0.0905. The Morgan fingerprint density at radius 1 is 1.35 bits per heavy atom. The van der Waals surface area contributed by atoms with Gasteiger partial charge in [-0.05, 0) is 33.6 Å². The van der Waals surface area contributed by atoms with Crippen LogP contribution in [0, 0.1) is 0 Å². The molecule has 0 saturated heterocycles. The molecule has 3 rings (SSSR count). The molecule has 2 heterocycles. The Hall–Kier alpha value is -1.63. The van der Waals surface area contributed by atoms with Crippen LogP contribution in [0.25, 0.3) is 0 Å². The first-order valence-electron chi connectivity index (χ1n) is 9.35. The van der Waals surface area contributed by atoms with E-state index in [9.17, 15) is 9.59 Å². The molecule has 1 fully saturated rings. The minimum atomic E-state index is -0.503. The Kier molecular flexibility index (Phi) is 5.85. The van der Waals surface area contributed by atoms with E-state index in [0.29, 0.717) is 30.3 Å². The van der Waals surface area contributed by atoms with E-state index < -0.39 is 5.60 Å². The summed E-state index contributed by atoms with van der Waals surface area (Å²) in [6.07, 6.45) is 7.58. The van der Waals surface area contributed by atoms with Gasteiger partial charge in [0, 0.05) is 31.0 Å². The van der Waals surface area contributed by atoms with Crippen LogP contribution < -0.4 is 0 Å². The van der Waals surface area contributed by atoms with E-state index in [0.717, 1.165) is 10.9 Å². The largest absolute Gasteiger partial charge is 0.460 e. The molecular weight excluding hydrogens is 350 g/mol. The number of hydrogen-bond donors (Lipinski definition) is 0. The van der Waals surface area contributed by atoms with E-state index in [2.05, 4.69) is 9.97 Å². The number of ether oxygens (including phenoxy) is 1. The number of aromatic nitrogens is 2. The zero-order valence-electron chi connectivity index (χ0n) is 15.8. The van der Waals surface area contributed by atoms with Crippen molar-refractivity contribution < 1.29 is 14.3 Å². The van der Waals surface area contributed by atoms with Gasteiger partial charge >= 0.3 is 5.97 Å². The predicted octanol–water partition coefficient (Wildman–Crippen LogP) is 3.24. The van der Waals surface area contributed by atoms with Gasteiger partial charge in [0.05, 0.1) is 17.7 Å². The lowest BCUT2D eigenvalue weighted by atomic mass is 10.1. The van der Waals surface area contributed by atoms with Gasteiger partial charge in [-0.1, -0.05) is 24.6 Å². The van der Waals surface area contributed by atoms with Gasteiger partial charge in [0.15, 0.2) is 5.16 Å². The van der Waals surface area contributed by atoms with Crippen molar-refractivity contribution in [1.29, 1.82) is 0 Å². The fraction of sp³-hybridized carbons (Fsp3) is 0.684. The highest BCUT2D eigenvalue weighted by Gasteiger charge is 2.28. The Morgan fingerprint density at radius 2 is 2.08 bits per heavy atom. The standard InChI is InChI=1S/C19H27N3O3S/c1-19(2,3)25-16(23)9-11-22-10-8-15-14(17(22)24)12-20-18(21-15)26-13-6-4-5-7-13/h12-13H,4-11H2,1-3H3. The summed E-state index contributed by atoms with van der Waals surface area (Å²) in [6.45, 7) is 6.47. The molecule has 6 nitrogen and oxygen atoms in total. The normalized spacial score (nSPS) is 18.1. The molecule has 1 aliphatic heterocycles. The number of carbonyl (C=O) groups is 2. The SMILES string of the molecule is CC(C)(C)OC(=O)CCN1CCc2nc(SC3CCCC3)ncc2C1=O. The second-order valence-corrected chi connectivity index (χ2v) is 9.18. The number of fused-ring (bicyclic) bond motifs is 1. The summed E-state index contributed by atoms with van der Waals surface area (Å²) in [5.41, 5.74) is 0.895. The summed E-state index contributed by atoms with van der Waals surface area (Å²) in [5, 5.41) is 1.39. The van der Waals surface area contributed by atoms with Gasteiger partial charge in [0.2, 0.25) is 0 Å². The van der Waals surface area contributed by atoms with Crippen molar-refractivity contribution in [1.82, 2.24) is 14.9 Å². The first kappa shape index (κ1) is 19.1. The third kappa shape index (κ3) is 4.96. The average Bonchev–Trinajstić information content (AvgIpc) is 3.05. The van der Waals surface area contributed by atoms with Crippen molar-refractivity contribution >= 4 is 23.6 Å². The summed E-state index contributed by atoms with van der Waals surface area (Å²) in [7, 11) is 0. The second kappa shape index (κ2) is 7.94. The van der Waals surface area contributed by atoms with Crippen molar-refractivity contribution in [2.24, 2.45) is 0 Å². The second-order valence-electron chi connectivity index (χ2n) is 7.92. The van der Waals surface area contributed by atoms with E-state index in [1.54, 1.807) is 22.9 Å². The smallest absolute Gasteiger partial charge is 0.308 e. The number of thioether (sulfide) groups is 1. The van der Waals surface area contributed by atoms with E-state index >= 15 is 0 Å². The molecule has 1 aromatic heterocycles. The molecule has 0 spiro atoms. The van der Waals surface area contributed by atoms with Crippen LogP contribution >= 0.6 is 11.8 Å². The molecule has 7 heteroatoms. The van der Waals surface area contributed by atoms with E-state index in [-0.39, 0.29) is 18.3 Å². The van der Waals surface area contributed by atoms with Crippen LogP contribution in [0.5, 0.6) is 0 Å². The van der Waals surface area contributed by atoms with Crippen molar-refractivity contribution in [3.63, 3.8) is 0 Å². The highest BCUT2D eigenvalue weighted by Crippen LogP contribution is 2.33. The quantitative estimate of drug-likeness (QED) is 0.579. The van der Waals surface area contributed by atoms with Gasteiger partial charge < -0.3 is 9.64 Å². The first-order valence-corrected chi connectivity index (χ1v) is 10.2. The van der Waals surface area contributed by atoms with Gasteiger partial charge in [0.25, 0.3) is 5.91 Å². The Bertz CT molecular complexity index is 681. The van der Waals surface area contributed by atoms with Crippen LogP contribution in [0.2, 0.25) is 0 Å². The number of hydrogen-bond acceptors (Lipinski definition) is 6. The molecule has 0 atom stereocenters. The third-order valence-electron chi connectivity index (χ3n) is 4.56. The van der Waals surface area contributed by atoms with Crippen LogP contribution in [0.1, 0.15) is 68.9 Å². The molecule has 1 aliphatic carbocycles. The van der Waals surface area contributed by atoms with Gasteiger partial charge in [-0.3, -0.25) is 9.59 Å². The summed E-state index contributed by atoms with van der Waals surface area (Å²) < 4.78 is 5.31. The van der Waals surface area contributed by atoms with E-state index in [1.807, 2.05) is 20.8 Å². The monoisotopic (exact) mass is 377 g/mol. The van der Waals surface area contributed by atoms with Gasteiger partial charge in [-0.15, -0.1) is 0 Å². The van der Waals surface area contributed by atoms with Crippen LogP contribution in [0.15, 0.2) is 11.4 Å². The van der Waals surface area contributed by atoms with Crippen LogP contribution in [-0.2, 0) is 16.0 Å². The number of amides is 1. The van der Waals surface area contributed by atoms with Crippen LogP contribution in [0.3, 0.4) is 0 Å². The fourth-order valence-corrected chi connectivity index (χ4v) is 4.47. The molecule has 1 aromatic rings. The van der Waals surface area contributed by atoms with Gasteiger partial charge in [-0.2, -0.15) is 0 Å². The predicted molar refractivity (Wildman–Crippen MR) is 100 cm³/mol. The van der Waals surface area contributed by atoms with Gasteiger partial charge in [-0.25, -0.2) is 9.97 Å². The molecule has 0 radical (unpaired) electrons. The summed E-state index contributed by atoms with van der Waals surface area (Å²) in [4.78, 5) is 35.2. The number of nitrogens with zero attached hydrogens (tertiary/aromatic N) is 3. The third-order valence-corrected chi connectivity index (χ3v) is 5.77. The molecule has 0 bridgehead atoms. The van der Waals surface area contributed by atoms with Crippen molar-refractivity contribution in [3.05, 3.63) is 17.5 Å². The van der Waals surface area contributed by atoms with Gasteiger partial charge in [0.1, 0.15) is 5.60 Å². The molecule has 1 saturated carbocycles. The molecule has 1 amide bonds. The van der Waals surface area contributed by atoms with Crippen molar-refractivity contribution in [3.8, 4) is 0 Å². The van der Waals surface area contributed by atoms with Crippen molar-refractivity contribution in [2.75, 3.05) is 13.1 Å². The Labute approximate surface area is 159 Å². The molecular formula is C19H27N3O3S.